The molecule has 0 aliphatic heterocycles. The summed E-state index contributed by atoms with van der Waals surface area (Å²) in [5, 5.41) is 20.1. The maximum absolute atomic E-state index is 10.1. The smallest absolute Gasteiger partial charge is 0.0811 e. The van der Waals surface area contributed by atoms with Gasteiger partial charge < -0.3 is 10.2 Å². The van der Waals surface area contributed by atoms with Gasteiger partial charge in [0.05, 0.1) is 12.2 Å². The molecule has 2 heteroatoms. The number of allylic oxidation sites excluding steroid dienone is 4. The highest BCUT2D eigenvalue weighted by Crippen LogP contribution is 2.59. The number of rotatable bonds is 6. The molecular weight excluding hydrogens is 356 g/mol. The van der Waals surface area contributed by atoms with Crippen LogP contribution in [0.3, 0.4) is 0 Å². The Morgan fingerprint density at radius 2 is 2.03 bits per heavy atom. The maximum Gasteiger partial charge on any atom is 0.0811 e. The van der Waals surface area contributed by atoms with Crippen molar-refractivity contribution < 1.29 is 10.2 Å². The third-order valence-corrected chi connectivity index (χ3v) is 8.25. The Labute approximate surface area is 178 Å². The first kappa shape index (κ1) is 22.6. The zero-order valence-electron chi connectivity index (χ0n) is 18.9. The monoisotopic (exact) mass is 398 g/mol. The Kier molecular flexibility index (Phi) is 7.27. The summed E-state index contributed by atoms with van der Waals surface area (Å²) < 4.78 is 0. The van der Waals surface area contributed by atoms with Gasteiger partial charge in [-0.25, -0.2) is 0 Å². The lowest BCUT2D eigenvalue weighted by atomic mass is 9.60. The molecule has 0 aromatic carbocycles. The van der Waals surface area contributed by atoms with E-state index in [1.807, 2.05) is 0 Å². The summed E-state index contributed by atoms with van der Waals surface area (Å²) in [4.78, 5) is 0. The van der Waals surface area contributed by atoms with E-state index < -0.39 is 12.2 Å². The average molecular weight is 399 g/mol. The Morgan fingerprint density at radius 3 is 2.76 bits per heavy atom. The van der Waals surface area contributed by atoms with Crippen LogP contribution in [0.5, 0.6) is 0 Å². The van der Waals surface area contributed by atoms with Gasteiger partial charge in [-0.3, -0.25) is 0 Å². The highest BCUT2D eigenvalue weighted by molar-refractivity contribution is 5.38. The third kappa shape index (κ3) is 4.97. The molecule has 0 saturated heterocycles. The molecule has 3 saturated carbocycles. The zero-order valence-corrected chi connectivity index (χ0v) is 18.9. The van der Waals surface area contributed by atoms with E-state index in [1.54, 1.807) is 5.57 Å². The summed E-state index contributed by atoms with van der Waals surface area (Å²) in [5.74, 6) is 2.29. The van der Waals surface area contributed by atoms with Crippen LogP contribution >= 0.6 is 0 Å². The fourth-order valence-electron chi connectivity index (χ4n) is 6.61. The molecule has 3 unspecified atom stereocenters. The van der Waals surface area contributed by atoms with Crippen molar-refractivity contribution in [3.05, 3.63) is 47.6 Å². The molecule has 0 spiro atoms. The van der Waals surface area contributed by atoms with E-state index in [0.29, 0.717) is 24.2 Å². The van der Waals surface area contributed by atoms with E-state index in [4.69, 9.17) is 0 Å². The van der Waals surface area contributed by atoms with Gasteiger partial charge in [-0.1, -0.05) is 50.1 Å². The Hall–Kier alpha value is -1.12. The van der Waals surface area contributed by atoms with Crippen molar-refractivity contribution in [2.45, 2.75) is 97.2 Å². The number of aliphatic hydroxyl groups excluding tert-OH is 2. The molecule has 0 radical (unpaired) electrons. The second-order valence-corrected chi connectivity index (χ2v) is 10.5. The molecule has 0 amide bonds. The second-order valence-electron chi connectivity index (χ2n) is 10.5. The van der Waals surface area contributed by atoms with Crippen molar-refractivity contribution in [3.63, 3.8) is 0 Å². The van der Waals surface area contributed by atoms with Crippen molar-refractivity contribution in [3.8, 4) is 0 Å². The minimum absolute atomic E-state index is 0.415. The standard InChI is InChI=1S/C27H42O2/c1-18(2)8-6-9-19(3)24-13-14-25-21(10-7-15-27(24,25)5)11-12-22-16-23(28)17-26(29)20(22)4/h11-12,19,23-26,28-29H,1,4,6-10,13-17H2,2-3,5H3/b21-11+,22-12-/t19-,23-,24?,25?,26?,27-/m1/s1. The Balaban J connectivity index is 1.72. The lowest BCUT2D eigenvalue weighted by Gasteiger charge is -2.44. The van der Waals surface area contributed by atoms with Crippen LogP contribution in [0.1, 0.15) is 85.0 Å². The summed E-state index contributed by atoms with van der Waals surface area (Å²) in [5.41, 5.74) is 5.14. The van der Waals surface area contributed by atoms with Crippen LogP contribution in [0.4, 0.5) is 0 Å². The number of aliphatic hydroxyl groups is 2. The molecule has 162 valence electrons. The predicted octanol–water partition coefficient (Wildman–Crippen LogP) is 6.51. The van der Waals surface area contributed by atoms with Gasteiger partial charge in [0.25, 0.3) is 0 Å². The molecule has 2 nitrogen and oxygen atoms in total. The highest BCUT2D eigenvalue weighted by atomic mass is 16.3. The van der Waals surface area contributed by atoms with Crippen LogP contribution < -0.4 is 0 Å². The van der Waals surface area contributed by atoms with E-state index >= 15 is 0 Å². The first-order valence-electron chi connectivity index (χ1n) is 11.8. The van der Waals surface area contributed by atoms with Crippen molar-refractivity contribution in [2.75, 3.05) is 0 Å². The summed E-state index contributed by atoms with van der Waals surface area (Å²) in [7, 11) is 0. The van der Waals surface area contributed by atoms with E-state index in [-0.39, 0.29) is 0 Å². The predicted molar refractivity (Wildman–Crippen MR) is 123 cm³/mol. The lowest BCUT2D eigenvalue weighted by molar-refractivity contribution is 0.0861. The largest absolute Gasteiger partial charge is 0.393 e. The summed E-state index contributed by atoms with van der Waals surface area (Å²) in [6, 6.07) is 0. The third-order valence-electron chi connectivity index (χ3n) is 8.25. The molecular formula is C27H42O2. The molecule has 29 heavy (non-hydrogen) atoms. The van der Waals surface area contributed by atoms with Crippen molar-refractivity contribution in [2.24, 2.45) is 23.2 Å². The molecule has 0 aromatic heterocycles. The number of hydrogen-bond acceptors (Lipinski definition) is 2. The van der Waals surface area contributed by atoms with Crippen LogP contribution in [0, 0.1) is 23.2 Å². The van der Waals surface area contributed by atoms with Gasteiger partial charge in [0.1, 0.15) is 0 Å². The summed E-state index contributed by atoms with van der Waals surface area (Å²) in [6.07, 6.45) is 14.7. The molecule has 0 bridgehead atoms. The summed E-state index contributed by atoms with van der Waals surface area (Å²) >= 11 is 0. The molecule has 6 atom stereocenters. The molecule has 2 N–H and O–H groups in total. The van der Waals surface area contributed by atoms with E-state index in [9.17, 15) is 10.2 Å². The normalized spacial score (nSPS) is 39.0. The molecule has 3 aliphatic rings. The van der Waals surface area contributed by atoms with Gasteiger partial charge in [0.2, 0.25) is 0 Å². The van der Waals surface area contributed by atoms with Crippen molar-refractivity contribution in [1.82, 2.24) is 0 Å². The number of hydrogen-bond donors (Lipinski definition) is 2. The van der Waals surface area contributed by atoms with Gasteiger partial charge in [-0.05, 0) is 92.6 Å². The Bertz CT molecular complexity index is 685. The molecule has 3 aliphatic carbocycles. The van der Waals surface area contributed by atoms with Gasteiger partial charge >= 0.3 is 0 Å². The van der Waals surface area contributed by atoms with Crippen molar-refractivity contribution >= 4 is 0 Å². The minimum Gasteiger partial charge on any atom is -0.393 e. The quantitative estimate of drug-likeness (QED) is 0.501. The van der Waals surface area contributed by atoms with Crippen LogP contribution in [0.15, 0.2) is 47.6 Å². The average Bonchev–Trinajstić information content (AvgIpc) is 3.00. The van der Waals surface area contributed by atoms with Gasteiger partial charge in [0, 0.05) is 6.42 Å². The lowest BCUT2D eigenvalue weighted by Crippen LogP contribution is -2.36. The van der Waals surface area contributed by atoms with Crippen molar-refractivity contribution in [1.29, 1.82) is 0 Å². The van der Waals surface area contributed by atoms with Crippen LogP contribution in [0.25, 0.3) is 0 Å². The number of fused-ring (bicyclic) bond motifs is 1. The minimum atomic E-state index is -0.601. The summed E-state index contributed by atoms with van der Waals surface area (Å²) in [6.45, 7) is 15.3. The molecule has 0 heterocycles. The maximum atomic E-state index is 10.1. The van der Waals surface area contributed by atoms with E-state index in [0.717, 1.165) is 29.4 Å². The van der Waals surface area contributed by atoms with Crippen LogP contribution in [-0.2, 0) is 0 Å². The first-order valence-corrected chi connectivity index (χ1v) is 11.8. The SMILES string of the molecule is C=C(C)CCC[C@@H](C)C1CCC2/C(=C/C=C3/C[C@@H](O)CC(O)C3=C)CCC[C@@]21C. The van der Waals surface area contributed by atoms with E-state index in [1.165, 1.54) is 50.5 Å². The molecule has 0 aromatic rings. The van der Waals surface area contributed by atoms with E-state index in [2.05, 4.69) is 46.1 Å². The van der Waals surface area contributed by atoms with Crippen LogP contribution in [0.2, 0.25) is 0 Å². The molecule has 3 fully saturated rings. The topological polar surface area (TPSA) is 40.5 Å². The Morgan fingerprint density at radius 1 is 1.28 bits per heavy atom. The fourth-order valence-corrected chi connectivity index (χ4v) is 6.61. The van der Waals surface area contributed by atoms with Crippen LogP contribution in [-0.4, -0.2) is 22.4 Å². The highest BCUT2D eigenvalue weighted by Gasteiger charge is 2.50. The fraction of sp³-hybridized carbons (Fsp3) is 0.704. The van der Waals surface area contributed by atoms with Gasteiger partial charge in [0.15, 0.2) is 0 Å². The van der Waals surface area contributed by atoms with Gasteiger partial charge in [-0.15, -0.1) is 6.58 Å². The molecule has 3 rings (SSSR count). The zero-order chi connectivity index (χ0) is 21.2. The second kappa shape index (κ2) is 9.35. The first-order chi connectivity index (χ1) is 13.7. The van der Waals surface area contributed by atoms with Gasteiger partial charge in [-0.2, -0.15) is 0 Å².